The lowest BCUT2D eigenvalue weighted by Crippen LogP contribution is -2.37. The molecule has 21 heavy (non-hydrogen) atoms. The quantitative estimate of drug-likeness (QED) is 0.834. The first-order valence-corrected chi connectivity index (χ1v) is 7.74. The Balaban J connectivity index is 1.82. The third kappa shape index (κ3) is 2.88. The summed E-state index contributed by atoms with van der Waals surface area (Å²) in [5.41, 5.74) is 2.23. The highest BCUT2D eigenvalue weighted by Crippen LogP contribution is 2.34. The minimum absolute atomic E-state index is 0.161. The lowest BCUT2D eigenvalue weighted by Gasteiger charge is -2.29. The van der Waals surface area contributed by atoms with Gasteiger partial charge in [-0.1, -0.05) is 6.07 Å². The molecule has 0 N–H and O–H groups in total. The molecule has 2 saturated heterocycles. The molecule has 2 aliphatic rings. The third-order valence-corrected chi connectivity index (χ3v) is 4.46. The largest absolute Gasteiger partial charge is 0.378 e. The van der Waals surface area contributed by atoms with Gasteiger partial charge in [-0.15, -0.1) is 0 Å². The molecule has 114 valence electrons. The van der Waals surface area contributed by atoms with Gasteiger partial charge in [-0.05, 0) is 31.4 Å². The molecule has 0 radical (unpaired) electrons. The zero-order valence-corrected chi connectivity index (χ0v) is 12.8. The van der Waals surface area contributed by atoms with Crippen molar-refractivity contribution in [2.45, 2.75) is 32.7 Å². The predicted octanol–water partition coefficient (Wildman–Crippen LogP) is 1.91. The zero-order chi connectivity index (χ0) is 14.8. The molecule has 0 aromatic carbocycles. The molecule has 5 heteroatoms. The Hall–Kier alpha value is -1.62. The van der Waals surface area contributed by atoms with Crippen molar-refractivity contribution in [1.82, 2.24) is 9.88 Å². The van der Waals surface area contributed by atoms with E-state index in [2.05, 4.69) is 24.0 Å². The Kier molecular flexibility index (Phi) is 4.10. The molecule has 0 bridgehead atoms. The first kappa shape index (κ1) is 14.3. The predicted molar refractivity (Wildman–Crippen MR) is 81.4 cm³/mol. The smallest absolute Gasteiger partial charge is 0.219 e. The molecule has 2 aliphatic heterocycles. The molecule has 0 saturated carbocycles. The number of carbonyl (C=O) groups is 1. The number of hydrogen-bond acceptors (Lipinski definition) is 4. The summed E-state index contributed by atoms with van der Waals surface area (Å²) in [5, 5.41) is 0. The van der Waals surface area contributed by atoms with Crippen molar-refractivity contribution in [3.05, 3.63) is 23.4 Å². The summed E-state index contributed by atoms with van der Waals surface area (Å²) in [7, 11) is 0. The van der Waals surface area contributed by atoms with E-state index in [1.165, 1.54) is 5.56 Å². The number of aryl methyl sites for hydroxylation is 1. The highest BCUT2D eigenvalue weighted by atomic mass is 16.5. The molecule has 0 unspecified atom stereocenters. The number of aromatic nitrogens is 1. The van der Waals surface area contributed by atoms with Gasteiger partial charge in [0.15, 0.2) is 0 Å². The second-order valence-electron chi connectivity index (χ2n) is 5.81. The van der Waals surface area contributed by atoms with Crippen LogP contribution in [-0.2, 0) is 9.53 Å². The standard InChI is InChI=1S/C16H23N3O2/c1-12-14(15-4-3-7-19(15)13(2)20)5-6-16(17-12)18-8-10-21-11-9-18/h5-6,15H,3-4,7-11H2,1-2H3/t15-/m0/s1. The second kappa shape index (κ2) is 6.02. The van der Waals surface area contributed by atoms with Crippen LogP contribution in [0.1, 0.15) is 37.1 Å². The lowest BCUT2D eigenvalue weighted by atomic mass is 10.0. The molecule has 3 heterocycles. The fourth-order valence-electron chi connectivity index (χ4n) is 3.35. The van der Waals surface area contributed by atoms with E-state index < -0.39 is 0 Å². The van der Waals surface area contributed by atoms with Gasteiger partial charge >= 0.3 is 0 Å². The molecule has 5 nitrogen and oxygen atoms in total. The van der Waals surface area contributed by atoms with Crippen LogP contribution >= 0.6 is 0 Å². The van der Waals surface area contributed by atoms with Crippen molar-refractivity contribution in [3.8, 4) is 0 Å². The Labute approximate surface area is 125 Å². The summed E-state index contributed by atoms with van der Waals surface area (Å²) in [6, 6.07) is 4.44. The highest BCUT2D eigenvalue weighted by Gasteiger charge is 2.29. The molecule has 1 amide bonds. The molecule has 1 aromatic rings. The van der Waals surface area contributed by atoms with E-state index in [1.807, 2.05) is 4.90 Å². The van der Waals surface area contributed by atoms with Crippen molar-refractivity contribution >= 4 is 11.7 Å². The normalized spacial score (nSPS) is 22.7. The van der Waals surface area contributed by atoms with Crippen LogP contribution < -0.4 is 4.90 Å². The molecule has 1 atom stereocenters. The van der Waals surface area contributed by atoms with Crippen LogP contribution in [0, 0.1) is 6.92 Å². The van der Waals surface area contributed by atoms with Crippen LogP contribution in [0.15, 0.2) is 12.1 Å². The Morgan fingerprint density at radius 2 is 2.05 bits per heavy atom. The van der Waals surface area contributed by atoms with Gasteiger partial charge in [0, 0.05) is 32.3 Å². The van der Waals surface area contributed by atoms with Crippen molar-refractivity contribution < 1.29 is 9.53 Å². The summed E-state index contributed by atoms with van der Waals surface area (Å²) in [6.07, 6.45) is 2.12. The van der Waals surface area contributed by atoms with Gasteiger partial charge in [0.1, 0.15) is 5.82 Å². The van der Waals surface area contributed by atoms with Gasteiger partial charge in [-0.25, -0.2) is 4.98 Å². The van der Waals surface area contributed by atoms with Gasteiger partial charge in [0.2, 0.25) is 5.91 Å². The van der Waals surface area contributed by atoms with Crippen molar-refractivity contribution in [1.29, 1.82) is 0 Å². The van der Waals surface area contributed by atoms with Crippen molar-refractivity contribution in [3.63, 3.8) is 0 Å². The average molecular weight is 289 g/mol. The topological polar surface area (TPSA) is 45.7 Å². The van der Waals surface area contributed by atoms with Gasteiger partial charge in [0.05, 0.1) is 19.3 Å². The number of rotatable bonds is 2. The van der Waals surface area contributed by atoms with Crippen molar-refractivity contribution in [2.75, 3.05) is 37.7 Å². The van der Waals surface area contributed by atoms with Crippen LogP contribution in [0.2, 0.25) is 0 Å². The number of ether oxygens (including phenoxy) is 1. The number of nitrogens with zero attached hydrogens (tertiary/aromatic N) is 3. The second-order valence-corrected chi connectivity index (χ2v) is 5.81. The summed E-state index contributed by atoms with van der Waals surface area (Å²) in [4.78, 5) is 20.7. The Morgan fingerprint density at radius 1 is 1.29 bits per heavy atom. The van der Waals surface area contributed by atoms with E-state index in [1.54, 1.807) is 6.92 Å². The molecule has 0 aliphatic carbocycles. The van der Waals surface area contributed by atoms with Crippen LogP contribution in [0.25, 0.3) is 0 Å². The van der Waals surface area contributed by atoms with E-state index in [-0.39, 0.29) is 11.9 Å². The number of carbonyl (C=O) groups excluding carboxylic acids is 1. The summed E-state index contributed by atoms with van der Waals surface area (Å²) >= 11 is 0. The first-order chi connectivity index (χ1) is 10.2. The first-order valence-electron chi connectivity index (χ1n) is 7.74. The maximum absolute atomic E-state index is 11.7. The SMILES string of the molecule is CC(=O)N1CCC[C@H]1c1ccc(N2CCOCC2)nc1C. The molecule has 0 spiro atoms. The number of morpholine rings is 1. The van der Waals surface area contributed by atoms with E-state index in [0.717, 1.165) is 57.2 Å². The summed E-state index contributed by atoms with van der Waals surface area (Å²) in [6.45, 7) is 7.90. The zero-order valence-electron chi connectivity index (χ0n) is 12.8. The maximum atomic E-state index is 11.7. The summed E-state index contributed by atoms with van der Waals surface area (Å²) in [5.74, 6) is 1.18. The van der Waals surface area contributed by atoms with Crippen LogP contribution in [0.4, 0.5) is 5.82 Å². The number of hydrogen-bond donors (Lipinski definition) is 0. The fraction of sp³-hybridized carbons (Fsp3) is 0.625. The minimum Gasteiger partial charge on any atom is -0.378 e. The van der Waals surface area contributed by atoms with Crippen molar-refractivity contribution in [2.24, 2.45) is 0 Å². The minimum atomic E-state index is 0.161. The molecule has 3 rings (SSSR count). The number of anilines is 1. The third-order valence-electron chi connectivity index (χ3n) is 4.46. The van der Waals surface area contributed by atoms with Gasteiger partial charge in [-0.2, -0.15) is 0 Å². The van der Waals surface area contributed by atoms with E-state index in [9.17, 15) is 4.79 Å². The molecular formula is C16H23N3O2. The van der Waals surface area contributed by atoms with Crippen LogP contribution in [-0.4, -0.2) is 48.6 Å². The monoisotopic (exact) mass is 289 g/mol. The Bertz CT molecular complexity index is 526. The molecule has 2 fully saturated rings. The van der Waals surface area contributed by atoms with E-state index in [0.29, 0.717) is 0 Å². The molecule has 1 aromatic heterocycles. The van der Waals surface area contributed by atoms with Crippen LogP contribution in [0.3, 0.4) is 0 Å². The number of amides is 1. The van der Waals surface area contributed by atoms with Gasteiger partial charge in [0.25, 0.3) is 0 Å². The highest BCUT2D eigenvalue weighted by molar-refractivity contribution is 5.74. The lowest BCUT2D eigenvalue weighted by molar-refractivity contribution is -0.129. The fourth-order valence-corrected chi connectivity index (χ4v) is 3.35. The molecular weight excluding hydrogens is 266 g/mol. The Morgan fingerprint density at radius 3 is 2.71 bits per heavy atom. The van der Waals surface area contributed by atoms with E-state index in [4.69, 9.17) is 9.72 Å². The van der Waals surface area contributed by atoms with Gasteiger partial charge < -0.3 is 14.5 Å². The summed E-state index contributed by atoms with van der Waals surface area (Å²) < 4.78 is 5.38. The van der Waals surface area contributed by atoms with Crippen LogP contribution in [0.5, 0.6) is 0 Å². The number of pyridine rings is 1. The maximum Gasteiger partial charge on any atom is 0.219 e. The van der Waals surface area contributed by atoms with Gasteiger partial charge in [-0.3, -0.25) is 4.79 Å². The number of likely N-dealkylation sites (tertiary alicyclic amines) is 1. The average Bonchev–Trinajstić information content (AvgIpc) is 2.97. The van der Waals surface area contributed by atoms with E-state index >= 15 is 0 Å².